The van der Waals surface area contributed by atoms with E-state index in [1.807, 2.05) is 11.0 Å². The van der Waals surface area contributed by atoms with Gasteiger partial charge in [-0.15, -0.1) is 0 Å². The molecule has 1 N–H and O–H groups in total. The molecule has 27 heavy (non-hydrogen) atoms. The lowest BCUT2D eigenvalue weighted by Gasteiger charge is -2.38. The molecule has 1 amide bonds. The SMILES string of the molecule is CC1(CCC(=O)N2CCOCC2)CCc2cc(O)c3c(c2O1)C1CCC3C1. The van der Waals surface area contributed by atoms with E-state index < -0.39 is 0 Å². The number of benzene rings is 1. The second kappa shape index (κ2) is 6.40. The van der Waals surface area contributed by atoms with E-state index in [2.05, 4.69) is 6.92 Å². The number of ether oxygens (including phenoxy) is 2. The minimum atomic E-state index is -0.304. The molecule has 2 aliphatic heterocycles. The van der Waals surface area contributed by atoms with Gasteiger partial charge in [0, 0.05) is 30.6 Å². The van der Waals surface area contributed by atoms with Crippen LogP contribution in [-0.2, 0) is 16.0 Å². The van der Waals surface area contributed by atoms with Gasteiger partial charge in [0.2, 0.25) is 5.91 Å². The van der Waals surface area contributed by atoms with Crippen LogP contribution >= 0.6 is 0 Å². The number of carbonyl (C=O) groups excluding carboxylic acids is 1. The fourth-order valence-electron chi connectivity index (χ4n) is 5.60. The second-order valence-electron chi connectivity index (χ2n) is 8.96. The molecular weight excluding hydrogens is 342 g/mol. The van der Waals surface area contributed by atoms with Gasteiger partial charge in [-0.3, -0.25) is 4.79 Å². The summed E-state index contributed by atoms with van der Waals surface area (Å²) in [7, 11) is 0. The molecule has 0 aromatic heterocycles. The number of phenols is 1. The van der Waals surface area contributed by atoms with Gasteiger partial charge < -0.3 is 19.5 Å². The van der Waals surface area contributed by atoms with E-state index in [4.69, 9.17) is 9.47 Å². The summed E-state index contributed by atoms with van der Waals surface area (Å²) < 4.78 is 11.9. The van der Waals surface area contributed by atoms with E-state index in [1.54, 1.807) is 0 Å². The zero-order chi connectivity index (χ0) is 18.6. The molecule has 3 atom stereocenters. The van der Waals surface area contributed by atoms with Crippen LogP contribution in [0.25, 0.3) is 0 Å². The number of carbonyl (C=O) groups is 1. The molecule has 1 saturated heterocycles. The number of aryl methyl sites for hydroxylation is 1. The van der Waals surface area contributed by atoms with Gasteiger partial charge in [-0.1, -0.05) is 0 Å². The van der Waals surface area contributed by atoms with E-state index in [1.165, 1.54) is 18.4 Å². The van der Waals surface area contributed by atoms with E-state index in [0.717, 1.165) is 42.6 Å². The average Bonchev–Trinajstić information content (AvgIpc) is 3.30. The van der Waals surface area contributed by atoms with Crippen LogP contribution in [-0.4, -0.2) is 47.8 Å². The molecule has 5 heteroatoms. The topological polar surface area (TPSA) is 59.0 Å². The Morgan fingerprint density at radius 2 is 2.00 bits per heavy atom. The third-order valence-corrected chi connectivity index (χ3v) is 7.17. The maximum atomic E-state index is 12.5. The van der Waals surface area contributed by atoms with Crippen molar-refractivity contribution in [1.29, 1.82) is 0 Å². The highest BCUT2D eigenvalue weighted by atomic mass is 16.5. The largest absolute Gasteiger partial charge is 0.508 e. The zero-order valence-electron chi connectivity index (χ0n) is 16.1. The molecule has 2 heterocycles. The summed E-state index contributed by atoms with van der Waals surface area (Å²) in [6.07, 6.45) is 6.64. The van der Waals surface area contributed by atoms with Gasteiger partial charge in [-0.2, -0.15) is 0 Å². The van der Waals surface area contributed by atoms with Crippen molar-refractivity contribution >= 4 is 5.91 Å². The maximum absolute atomic E-state index is 12.5. The molecule has 2 aliphatic carbocycles. The molecule has 0 spiro atoms. The lowest BCUT2D eigenvalue weighted by atomic mass is 9.83. The number of hydrogen-bond acceptors (Lipinski definition) is 4. The van der Waals surface area contributed by atoms with Gasteiger partial charge in [0.15, 0.2) is 0 Å². The van der Waals surface area contributed by atoms with E-state index >= 15 is 0 Å². The Morgan fingerprint density at radius 1 is 1.26 bits per heavy atom. The number of phenolic OH excluding ortho intramolecular Hbond substituents is 1. The molecule has 1 aromatic rings. The van der Waals surface area contributed by atoms with E-state index in [9.17, 15) is 9.90 Å². The molecular formula is C22H29NO4. The van der Waals surface area contributed by atoms with Crippen molar-refractivity contribution in [3.05, 3.63) is 22.8 Å². The molecule has 5 rings (SSSR count). The first-order valence-corrected chi connectivity index (χ1v) is 10.5. The Balaban J connectivity index is 1.34. The van der Waals surface area contributed by atoms with Crippen LogP contribution in [0.4, 0.5) is 0 Å². The molecule has 2 fully saturated rings. The first kappa shape index (κ1) is 17.4. The summed E-state index contributed by atoms with van der Waals surface area (Å²) in [5.41, 5.74) is 3.28. The third-order valence-electron chi connectivity index (χ3n) is 7.17. The van der Waals surface area contributed by atoms with Gasteiger partial charge in [0.25, 0.3) is 0 Å². The van der Waals surface area contributed by atoms with Crippen LogP contribution < -0.4 is 4.74 Å². The van der Waals surface area contributed by atoms with E-state index in [0.29, 0.717) is 50.3 Å². The van der Waals surface area contributed by atoms with Crippen molar-refractivity contribution in [3.8, 4) is 11.5 Å². The van der Waals surface area contributed by atoms with Crippen molar-refractivity contribution in [2.75, 3.05) is 26.3 Å². The number of amides is 1. The summed E-state index contributed by atoms with van der Waals surface area (Å²) >= 11 is 0. The van der Waals surface area contributed by atoms with Crippen LogP contribution in [0.1, 0.15) is 74.0 Å². The molecule has 0 radical (unpaired) electrons. The van der Waals surface area contributed by atoms with Crippen LogP contribution in [0.2, 0.25) is 0 Å². The quantitative estimate of drug-likeness (QED) is 0.884. The Labute approximate surface area is 160 Å². The molecule has 4 aliphatic rings. The van der Waals surface area contributed by atoms with E-state index in [-0.39, 0.29) is 11.5 Å². The monoisotopic (exact) mass is 371 g/mol. The van der Waals surface area contributed by atoms with Crippen molar-refractivity contribution < 1.29 is 19.4 Å². The number of nitrogens with zero attached hydrogens (tertiary/aromatic N) is 1. The van der Waals surface area contributed by atoms with Gasteiger partial charge in [0.1, 0.15) is 17.1 Å². The standard InChI is InChI=1S/C22H29NO4/c1-22(7-5-18(25)23-8-10-26-11-9-23)6-4-16-13-17(24)19-14-2-3-15(12-14)20(19)21(16)27-22/h13-15,24H,2-12H2,1H3. The average molecular weight is 371 g/mol. The number of rotatable bonds is 3. The highest BCUT2D eigenvalue weighted by Gasteiger charge is 2.44. The minimum absolute atomic E-state index is 0.212. The minimum Gasteiger partial charge on any atom is -0.508 e. The van der Waals surface area contributed by atoms with Crippen LogP contribution in [0.3, 0.4) is 0 Å². The first-order valence-electron chi connectivity index (χ1n) is 10.5. The molecule has 1 aromatic carbocycles. The van der Waals surface area contributed by atoms with Gasteiger partial charge in [-0.25, -0.2) is 0 Å². The molecule has 2 bridgehead atoms. The highest BCUT2D eigenvalue weighted by Crippen LogP contribution is 2.60. The summed E-state index contributed by atoms with van der Waals surface area (Å²) in [5.74, 6) is 2.77. The number of fused-ring (bicyclic) bond motifs is 7. The first-order chi connectivity index (χ1) is 13.0. The Bertz CT molecular complexity index is 770. The Morgan fingerprint density at radius 3 is 2.78 bits per heavy atom. The molecule has 5 nitrogen and oxygen atoms in total. The van der Waals surface area contributed by atoms with Gasteiger partial charge in [0.05, 0.1) is 13.2 Å². The van der Waals surface area contributed by atoms with Gasteiger partial charge >= 0.3 is 0 Å². The van der Waals surface area contributed by atoms with Crippen molar-refractivity contribution in [2.45, 2.75) is 69.3 Å². The number of hydrogen-bond donors (Lipinski definition) is 1. The number of aromatic hydroxyl groups is 1. The van der Waals surface area contributed by atoms with Crippen molar-refractivity contribution in [3.63, 3.8) is 0 Å². The van der Waals surface area contributed by atoms with Crippen LogP contribution in [0, 0.1) is 0 Å². The predicted octanol–water partition coefficient (Wildman–Crippen LogP) is 3.48. The normalized spacial score (nSPS) is 31.4. The summed E-state index contributed by atoms with van der Waals surface area (Å²) in [6, 6.07) is 1.94. The Hall–Kier alpha value is -1.75. The zero-order valence-corrected chi connectivity index (χ0v) is 16.1. The molecule has 1 saturated carbocycles. The van der Waals surface area contributed by atoms with Gasteiger partial charge in [-0.05, 0) is 68.9 Å². The Kier molecular flexibility index (Phi) is 4.12. The summed E-state index contributed by atoms with van der Waals surface area (Å²) in [4.78, 5) is 14.5. The summed E-state index contributed by atoms with van der Waals surface area (Å²) in [5, 5.41) is 10.5. The third kappa shape index (κ3) is 2.91. The van der Waals surface area contributed by atoms with Crippen molar-refractivity contribution in [1.82, 2.24) is 4.90 Å². The summed E-state index contributed by atoms with van der Waals surface area (Å²) in [6.45, 7) is 4.84. The molecule has 3 unspecified atom stereocenters. The number of morpholine rings is 1. The lowest BCUT2D eigenvalue weighted by Crippen LogP contribution is -2.43. The lowest BCUT2D eigenvalue weighted by molar-refractivity contribution is -0.136. The second-order valence-corrected chi connectivity index (χ2v) is 8.96. The van der Waals surface area contributed by atoms with Crippen LogP contribution in [0.15, 0.2) is 6.07 Å². The highest BCUT2D eigenvalue weighted by molar-refractivity contribution is 5.76. The van der Waals surface area contributed by atoms with Crippen LogP contribution in [0.5, 0.6) is 11.5 Å². The predicted molar refractivity (Wildman–Crippen MR) is 101 cm³/mol. The molecule has 146 valence electrons. The fourth-order valence-corrected chi connectivity index (χ4v) is 5.60. The fraction of sp³-hybridized carbons (Fsp3) is 0.682. The maximum Gasteiger partial charge on any atom is 0.222 e. The smallest absolute Gasteiger partial charge is 0.222 e. The van der Waals surface area contributed by atoms with Crippen molar-refractivity contribution in [2.24, 2.45) is 0 Å².